The maximum Gasteiger partial charge on any atom is 0.326 e. The minimum atomic E-state index is -1.00. The van der Waals surface area contributed by atoms with Crippen LogP contribution in [0, 0.1) is 5.92 Å². The van der Waals surface area contributed by atoms with Crippen molar-refractivity contribution in [1.29, 1.82) is 0 Å². The highest BCUT2D eigenvalue weighted by Crippen LogP contribution is 2.05. The van der Waals surface area contributed by atoms with E-state index >= 15 is 0 Å². The Balaban J connectivity index is 2.58. The topological polar surface area (TPSA) is 66.4 Å². The van der Waals surface area contributed by atoms with Gasteiger partial charge < -0.3 is 10.4 Å². The summed E-state index contributed by atoms with van der Waals surface area (Å²) in [4.78, 5) is 22.7. The molecule has 19 heavy (non-hydrogen) atoms. The Bertz CT molecular complexity index is 452. The van der Waals surface area contributed by atoms with Crippen molar-refractivity contribution in [2.75, 3.05) is 0 Å². The van der Waals surface area contributed by atoms with Crippen LogP contribution >= 0.6 is 0 Å². The molecule has 0 fully saturated rings. The zero-order valence-electron chi connectivity index (χ0n) is 11.2. The molecule has 1 aromatic rings. The summed E-state index contributed by atoms with van der Waals surface area (Å²) >= 11 is 0. The van der Waals surface area contributed by atoms with Crippen molar-refractivity contribution in [3.8, 4) is 0 Å². The molecule has 2 N–H and O–H groups in total. The lowest BCUT2D eigenvalue weighted by molar-refractivity contribution is -0.141. The molecule has 0 radical (unpaired) electrons. The van der Waals surface area contributed by atoms with Crippen LogP contribution in [0.3, 0.4) is 0 Å². The van der Waals surface area contributed by atoms with Gasteiger partial charge in [0, 0.05) is 6.08 Å². The number of hydrogen-bond acceptors (Lipinski definition) is 2. The molecule has 0 aromatic heterocycles. The highest BCUT2D eigenvalue weighted by molar-refractivity contribution is 5.94. The monoisotopic (exact) mass is 261 g/mol. The van der Waals surface area contributed by atoms with Crippen molar-refractivity contribution in [3.05, 3.63) is 42.0 Å². The molecule has 0 saturated heterocycles. The lowest BCUT2D eigenvalue weighted by Gasteiger charge is -2.15. The maximum absolute atomic E-state index is 11.7. The molecular formula is C15H19NO3. The zero-order chi connectivity index (χ0) is 14.3. The smallest absolute Gasteiger partial charge is 0.326 e. The number of hydrogen-bond donors (Lipinski definition) is 2. The van der Waals surface area contributed by atoms with Gasteiger partial charge in [0.15, 0.2) is 0 Å². The second-order valence-electron chi connectivity index (χ2n) is 4.77. The molecule has 1 aromatic carbocycles. The summed E-state index contributed by atoms with van der Waals surface area (Å²) in [6, 6.07) is 8.53. The van der Waals surface area contributed by atoms with E-state index < -0.39 is 17.9 Å². The van der Waals surface area contributed by atoms with E-state index in [1.165, 1.54) is 6.08 Å². The molecule has 1 atom stereocenters. The number of carbonyl (C=O) groups is 2. The quantitative estimate of drug-likeness (QED) is 0.772. The van der Waals surface area contributed by atoms with Gasteiger partial charge in [-0.3, -0.25) is 4.79 Å². The highest BCUT2D eigenvalue weighted by atomic mass is 16.4. The Hall–Kier alpha value is -2.10. The predicted octanol–water partition coefficient (Wildman–Crippen LogP) is 2.32. The Morgan fingerprint density at radius 3 is 2.42 bits per heavy atom. The number of nitrogens with one attached hydrogen (secondary N) is 1. The van der Waals surface area contributed by atoms with Crippen LogP contribution in [0.1, 0.15) is 25.8 Å². The summed E-state index contributed by atoms with van der Waals surface area (Å²) < 4.78 is 0. The van der Waals surface area contributed by atoms with Crippen LogP contribution in [-0.2, 0) is 9.59 Å². The summed E-state index contributed by atoms with van der Waals surface area (Å²) in [6.45, 7) is 3.84. The number of rotatable bonds is 6. The predicted molar refractivity (Wildman–Crippen MR) is 74.5 cm³/mol. The SMILES string of the molecule is CC(C)C[C@@H](NC(=O)/C=C/c1ccccc1)C(=O)O. The van der Waals surface area contributed by atoms with Crippen molar-refractivity contribution in [2.45, 2.75) is 26.3 Å². The molecule has 0 spiro atoms. The van der Waals surface area contributed by atoms with Crippen LogP contribution in [-0.4, -0.2) is 23.0 Å². The van der Waals surface area contributed by atoms with Gasteiger partial charge >= 0.3 is 5.97 Å². The average molecular weight is 261 g/mol. The van der Waals surface area contributed by atoms with Crippen molar-refractivity contribution in [2.24, 2.45) is 5.92 Å². The van der Waals surface area contributed by atoms with Crippen molar-refractivity contribution in [3.63, 3.8) is 0 Å². The summed E-state index contributed by atoms with van der Waals surface area (Å²) in [6.07, 6.45) is 3.43. The number of amides is 1. The van der Waals surface area contributed by atoms with E-state index in [1.54, 1.807) is 6.08 Å². The standard InChI is InChI=1S/C15H19NO3/c1-11(2)10-13(15(18)19)16-14(17)9-8-12-6-4-3-5-7-12/h3-9,11,13H,10H2,1-2H3,(H,16,17)(H,18,19)/b9-8+/t13-/m1/s1. The van der Waals surface area contributed by atoms with Gasteiger partial charge in [0.25, 0.3) is 0 Å². The third-order valence-electron chi connectivity index (χ3n) is 2.55. The highest BCUT2D eigenvalue weighted by Gasteiger charge is 2.19. The van der Waals surface area contributed by atoms with Gasteiger partial charge in [-0.2, -0.15) is 0 Å². The molecule has 0 aliphatic carbocycles. The third kappa shape index (κ3) is 5.86. The van der Waals surface area contributed by atoms with Crippen LogP contribution in [0.15, 0.2) is 36.4 Å². The van der Waals surface area contributed by atoms with Gasteiger partial charge in [-0.1, -0.05) is 44.2 Å². The summed E-state index contributed by atoms with van der Waals surface area (Å²) in [5, 5.41) is 11.5. The molecule has 0 heterocycles. The fourth-order valence-corrected chi connectivity index (χ4v) is 1.65. The molecule has 1 amide bonds. The Kier molecular flexibility index (Phi) is 5.79. The fourth-order valence-electron chi connectivity index (χ4n) is 1.65. The van der Waals surface area contributed by atoms with Gasteiger partial charge in [0.1, 0.15) is 6.04 Å². The molecular weight excluding hydrogens is 242 g/mol. The zero-order valence-corrected chi connectivity index (χ0v) is 11.2. The number of benzene rings is 1. The van der Waals surface area contributed by atoms with Gasteiger partial charge in [0.2, 0.25) is 5.91 Å². The van der Waals surface area contributed by atoms with Gasteiger partial charge in [-0.05, 0) is 24.0 Å². The van der Waals surface area contributed by atoms with Gasteiger partial charge in [-0.15, -0.1) is 0 Å². The normalized spacial score (nSPS) is 12.6. The fraction of sp³-hybridized carbons (Fsp3) is 0.333. The molecule has 4 nitrogen and oxygen atoms in total. The first kappa shape index (κ1) is 15.0. The van der Waals surface area contributed by atoms with Crippen LogP contribution < -0.4 is 5.32 Å². The third-order valence-corrected chi connectivity index (χ3v) is 2.55. The van der Waals surface area contributed by atoms with E-state index in [2.05, 4.69) is 5.32 Å². The number of carboxylic acid groups (broad SMARTS) is 1. The summed E-state index contributed by atoms with van der Waals surface area (Å²) in [5.74, 6) is -1.19. The van der Waals surface area contributed by atoms with E-state index in [9.17, 15) is 9.59 Å². The molecule has 1 rings (SSSR count). The second kappa shape index (κ2) is 7.36. The Morgan fingerprint density at radius 2 is 1.89 bits per heavy atom. The van der Waals surface area contributed by atoms with E-state index in [0.717, 1.165) is 5.56 Å². The van der Waals surface area contributed by atoms with Crippen LogP contribution in [0.4, 0.5) is 0 Å². The molecule has 4 heteroatoms. The minimum Gasteiger partial charge on any atom is -0.480 e. The number of aliphatic carboxylic acids is 1. The summed E-state index contributed by atoms with van der Waals surface area (Å²) in [5.41, 5.74) is 0.897. The van der Waals surface area contributed by atoms with E-state index in [4.69, 9.17) is 5.11 Å². The average Bonchev–Trinajstić information content (AvgIpc) is 2.36. The Labute approximate surface area is 113 Å². The Morgan fingerprint density at radius 1 is 1.26 bits per heavy atom. The molecule has 102 valence electrons. The van der Waals surface area contributed by atoms with E-state index in [1.807, 2.05) is 44.2 Å². The van der Waals surface area contributed by atoms with Crippen LogP contribution in [0.5, 0.6) is 0 Å². The number of carboxylic acids is 1. The molecule has 0 aliphatic rings. The molecule has 0 saturated carbocycles. The molecule has 0 bridgehead atoms. The lowest BCUT2D eigenvalue weighted by Crippen LogP contribution is -2.40. The number of carbonyl (C=O) groups excluding carboxylic acids is 1. The van der Waals surface area contributed by atoms with Crippen LogP contribution in [0.25, 0.3) is 6.08 Å². The largest absolute Gasteiger partial charge is 0.480 e. The summed E-state index contributed by atoms with van der Waals surface area (Å²) in [7, 11) is 0. The van der Waals surface area contributed by atoms with Gasteiger partial charge in [-0.25, -0.2) is 4.79 Å². The molecule has 0 unspecified atom stereocenters. The minimum absolute atomic E-state index is 0.208. The van der Waals surface area contributed by atoms with Crippen molar-refractivity contribution >= 4 is 18.0 Å². The molecule has 0 aliphatic heterocycles. The first-order valence-corrected chi connectivity index (χ1v) is 6.25. The van der Waals surface area contributed by atoms with Crippen molar-refractivity contribution in [1.82, 2.24) is 5.32 Å². The van der Waals surface area contributed by atoms with Crippen molar-refractivity contribution < 1.29 is 14.7 Å². The van der Waals surface area contributed by atoms with E-state index in [-0.39, 0.29) is 5.92 Å². The van der Waals surface area contributed by atoms with E-state index in [0.29, 0.717) is 6.42 Å². The lowest BCUT2D eigenvalue weighted by atomic mass is 10.0. The maximum atomic E-state index is 11.7. The first-order chi connectivity index (χ1) is 8.99. The second-order valence-corrected chi connectivity index (χ2v) is 4.77. The van der Waals surface area contributed by atoms with Gasteiger partial charge in [0.05, 0.1) is 0 Å². The van der Waals surface area contributed by atoms with Crippen LogP contribution in [0.2, 0.25) is 0 Å². The first-order valence-electron chi connectivity index (χ1n) is 6.25.